The van der Waals surface area contributed by atoms with Crippen LogP contribution in [0.2, 0.25) is 0 Å². The summed E-state index contributed by atoms with van der Waals surface area (Å²) in [6.07, 6.45) is -1.69. The predicted molar refractivity (Wildman–Crippen MR) is 21.4 cm³/mol. The predicted octanol–water partition coefficient (Wildman–Crippen LogP) is -6.57. The molecule has 0 aromatic rings. The minimum Gasteiger partial charge on any atom is -0.870 e. The molecule has 0 aliphatic carbocycles. The van der Waals surface area contributed by atoms with E-state index in [1.54, 1.807) is 0 Å². The first-order valence-electron chi connectivity index (χ1n) is 0.814. The molecule has 0 fully saturated rings. The van der Waals surface area contributed by atoms with Crippen LogP contribution in [0.5, 0.6) is 0 Å². The SMILES string of the molecule is O=C(O)OO.[K+].[Li+].[Na].[OH-].[OH-]. The Kier molecular flexibility index (Phi) is 119. The molecule has 0 aromatic heterocycles. The minimum atomic E-state index is -1.69. The quantitative estimate of drug-likeness (QED) is 0.217. The Morgan fingerprint density at radius 1 is 1.30 bits per heavy atom. The molecule has 1 radical (unpaired) electrons. The van der Waals surface area contributed by atoms with Crippen molar-refractivity contribution in [3.8, 4) is 0 Å². The van der Waals surface area contributed by atoms with E-state index in [0.29, 0.717) is 0 Å². The van der Waals surface area contributed by atoms with Gasteiger partial charge in [-0.3, -0.25) is 4.89 Å². The first kappa shape index (κ1) is 39.4. The van der Waals surface area contributed by atoms with Gasteiger partial charge in [-0.2, -0.15) is 5.26 Å². The van der Waals surface area contributed by atoms with Crippen LogP contribution < -0.4 is 70.2 Å². The third kappa shape index (κ3) is 47.6. The zero-order valence-electron chi connectivity index (χ0n) is 6.11. The average Bonchev–Trinajstić information content (AvgIpc) is 1.38. The second kappa shape index (κ2) is 30.1. The standard InChI is InChI=1S/CH2O4.K.Li.Na.2H2O/c2-1(3)5-4;;;;;/h4H,(H,2,3);;;;2*1H2/q;2*+1;;;/p-2. The normalized spacial score (nSPS) is 3.30. The average molecular weight is 181 g/mol. The Morgan fingerprint density at radius 3 is 1.40 bits per heavy atom. The Balaban J connectivity index is -0.00000000800. The molecule has 0 unspecified atom stereocenters. The van der Waals surface area contributed by atoms with Crippen molar-refractivity contribution in [3.63, 3.8) is 0 Å². The van der Waals surface area contributed by atoms with Gasteiger partial charge in [-0.25, -0.2) is 4.79 Å². The van der Waals surface area contributed by atoms with Gasteiger partial charge in [0.1, 0.15) is 0 Å². The summed E-state index contributed by atoms with van der Waals surface area (Å²) >= 11 is 0. The van der Waals surface area contributed by atoms with E-state index in [-0.39, 0.29) is 111 Å². The fourth-order valence-corrected chi connectivity index (χ4v) is 0. The molecule has 0 rings (SSSR count). The van der Waals surface area contributed by atoms with Crippen molar-refractivity contribution < 1.29 is 101 Å². The molecule has 0 heterocycles. The van der Waals surface area contributed by atoms with Crippen LogP contribution in [-0.4, -0.2) is 57.0 Å². The molecule has 47 valence electrons. The van der Waals surface area contributed by atoms with Crippen LogP contribution in [0.25, 0.3) is 0 Å². The molecule has 0 spiro atoms. The molecule has 9 heteroatoms. The van der Waals surface area contributed by atoms with E-state index >= 15 is 0 Å². The second-order valence-electron chi connectivity index (χ2n) is 0.357. The summed E-state index contributed by atoms with van der Waals surface area (Å²) in [6.45, 7) is 0. The Bertz CT molecular complexity index is 53.0. The summed E-state index contributed by atoms with van der Waals surface area (Å²) in [5, 5.41) is 14.3. The first-order valence-corrected chi connectivity index (χ1v) is 0.814. The molecule has 0 bridgehead atoms. The van der Waals surface area contributed by atoms with Crippen LogP contribution in [0, 0.1) is 0 Å². The van der Waals surface area contributed by atoms with E-state index in [2.05, 4.69) is 4.89 Å². The molecule has 0 aliphatic heterocycles. The summed E-state index contributed by atoms with van der Waals surface area (Å²) in [5.41, 5.74) is 0. The fraction of sp³-hybridized carbons (Fsp3) is 0. The summed E-state index contributed by atoms with van der Waals surface area (Å²) in [5.74, 6) is 0. The van der Waals surface area contributed by atoms with E-state index in [1.165, 1.54) is 0 Å². The monoisotopic (exact) mass is 181 g/mol. The van der Waals surface area contributed by atoms with Gasteiger partial charge in [0.15, 0.2) is 0 Å². The molecule has 6 nitrogen and oxygen atoms in total. The molecule has 0 saturated heterocycles. The zero-order valence-corrected chi connectivity index (χ0v) is 11.2. The van der Waals surface area contributed by atoms with E-state index in [4.69, 9.17) is 15.2 Å². The number of carbonyl (C=O) groups is 1. The van der Waals surface area contributed by atoms with E-state index < -0.39 is 6.16 Å². The molecule has 0 saturated carbocycles. The topological polar surface area (TPSA) is 127 Å². The Morgan fingerprint density at radius 2 is 1.40 bits per heavy atom. The molecule has 0 aliphatic rings. The number of hydrogen-bond donors (Lipinski definition) is 2. The van der Waals surface area contributed by atoms with Gasteiger partial charge in [0.25, 0.3) is 0 Å². The summed E-state index contributed by atoms with van der Waals surface area (Å²) in [7, 11) is 0. The molecular formula is CH4KLiNaO6. The van der Waals surface area contributed by atoms with Gasteiger partial charge in [-0.05, 0) is 0 Å². The van der Waals surface area contributed by atoms with Gasteiger partial charge in [0, 0.05) is 29.6 Å². The van der Waals surface area contributed by atoms with E-state index in [0.717, 1.165) is 0 Å². The van der Waals surface area contributed by atoms with Gasteiger partial charge in [0.2, 0.25) is 0 Å². The van der Waals surface area contributed by atoms with Crippen molar-refractivity contribution in [2.24, 2.45) is 0 Å². The molecular weight excluding hydrogens is 177 g/mol. The van der Waals surface area contributed by atoms with Crippen LogP contribution in [-0.2, 0) is 4.89 Å². The van der Waals surface area contributed by atoms with Crippen molar-refractivity contribution in [2.45, 2.75) is 0 Å². The van der Waals surface area contributed by atoms with E-state index in [1.807, 2.05) is 0 Å². The van der Waals surface area contributed by atoms with Crippen molar-refractivity contribution >= 4 is 35.7 Å². The van der Waals surface area contributed by atoms with Crippen molar-refractivity contribution in [2.75, 3.05) is 0 Å². The summed E-state index contributed by atoms with van der Waals surface area (Å²) in [4.78, 5) is 11.6. The molecule has 0 aromatic carbocycles. The fourth-order valence-electron chi connectivity index (χ4n) is 0. The Hall–Kier alpha value is 2.38. The summed E-state index contributed by atoms with van der Waals surface area (Å²) < 4.78 is 0. The van der Waals surface area contributed by atoms with Crippen molar-refractivity contribution in [1.82, 2.24) is 0 Å². The molecule has 0 atom stereocenters. The van der Waals surface area contributed by atoms with Crippen LogP contribution in [0.15, 0.2) is 0 Å². The maximum atomic E-state index is 8.90. The van der Waals surface area contributed by atoms with Gasteiger partial charge in [-0.1, -0.05) is 0 Å². The molecule has 10 heavy (non-hydrogen) atoms. The van der Waals surface area contributed by atoms with Gasteiger partial charge >= 0.3 is 76.4 Å². The maximum absolute atomic E-state index is 8.90. The van der Waals surface area contributed by atoms with Crippen LogP contribution >= 0.6 is 0 Å². The number of carboxylic acid groups (broad SMARTS) is 1. The molecule has 4 N–H and O–H groups in total. The first-order chi connectivity index (χ1) is 2.27. The maximum Gasteiger partial charge on any atom is 1.00 e. The number of hydrogen-bond acceptors (Lipinski definition) is 5. The van der Waals surface area contributed by atoms with Gasteiger partial charge in [-0.15, -0.1) is 0 Å². The minimum absolute atomic E-state index is 0. The smallest absolute Gasteiger partial charge is 0.870 e. The third-order valence-corrected chi connectivity index (χ3v) is 0.0781. The Labute approximate surface area is 134 Å². The zero-order chi connectivity index (χ0) is 4.28. The van der Waals surface area contributed by atoms with E-state index in [9.17, 15) is 0 Å². The van der Waals surface area contributed by atoms with Crippen molar-refractivity contribution in [1.29, 1.82) is 0 Å². The largest absolute Gasteiger partial charge is 1.00 e. The van der Waals surface area contributed by atoms with Crippen LogP contribution in [0.3, 0.4) is 0 Å². The van der Waals surface area contributed by atoms with Gasteiger partial charge in [0.05, 0.1) is 0 Å². The number of rotatable bonds is 0. The van der Waals surface area contributed by atoms with Crippen LogP contribution in [0.4, 0.5) is 4.79 Å². The van der Waals surface area contributed by atoms with Crippen molar-refractivity contribution in [3.05, 3.63) is 0 Å². The van der Waals surface area contributed by atoms with Crippen LogP contribution in [0.1, 0.15) is 0 Å². The summed E-state index contributed by atoms with van der Waals surface area (Å²) in [6, 6.07) is 0. The second-order valence-corrected chi connectivity index (χ2v) is 0.357. The molecule has 0 amide bonds. The third-order valence-electron chi connectivity index (χ3n) is 0.0781. The van der Waals surface area contributed by atoms with Gasteiger partial charge < -0.3 is 16.1 Å².